The molecule has 124 valence electrons. The minimum atomic E-state index is 0. The predicted octanol–water partition coefficient (Wildman–Crippen LogP) is 1.98. The topological polar surface area (TPSA) is 63.4 Å². The molecule has 0 spiro atoms. The van der Waals surface area contributed by atoms with Crippen molar-refractivity contribution in [1.82, 2.24) is 20.4 Å². The number of nitrogens with zero attached hydrogens (tertiary/aromatic N) is 3. The van der Waals surface area contributed by atoms with Crippen LogP contribution in [0.3, 0.4) is 0 Å². The van der Waals surface area contributed by atoms with E-state index in [2.05, 4.69) is 28.5 Å². The van der Waals surface area contributed by atoms with Gasteiger partial charge in [0.1, 0.15) is 5.75 Å². The zero-order valence-corrected chi connectivity index (χ0v) is 13.9. The van der Waals surface area contributed by atoms with Crippen LogP contribution in [0.25, 0.3) is 0 Å². The number of benzene rings is 1. The fraction of sp³-hybridized carbons (Fsp3) is 0.500. The summed E-state index contributed by atoms with van der Waals surface area (Å²) in [6, 6.07) is 8.27. The molecule has 23 heavy (non-hydrogen) atoms. The number of hydrogen-bond donors (Lipinski definition) is 1. The third-order valence-corrected chi connectivity index (χ3v) is 4.52. The quantitative estimate of drug-likeness (QED) is 0.904. The van der Waals surface area contributed by atoms with Crippen molar-refractivity contribution in [2.75, 3.05) is 33.3 Å². The van der Waals surface area contributed by atoms with Gasteiger partial charge in [0.15, 0.2) is 5.82 Å². The number of piperazine rings is 1. The summed E-state index contributed by atoms with van der Waals surface area (Å²) in [4.78, 5) is 6.96. The van der Waals surface area contributed by atoms with Gasteiger partial charge in [0.05, 0.1) is 18.6 Å². The van der Waals surface area contributed by atoms with Gasteiger partial charge in [-0.2, -0.15) is 4.98 Å². The first kappa shape index (κ1) is 16.2. The van der Waals surface area contributed by atoms with Crippen LogP contribution in [-0.2, 0) is 0 Å². The van der Waals surface area contributed by atoms with Crippen LogP contribution in [0.5, 0.6) is 5.75 Å². The molecule has 0 bridgehead atoms. The van der Waals surface area contributed by atoms with Gasteiger partial charge in [-0.1, -0.05) is 23.4 Å². The fourth-order valence-electron chi connectivity index (χ4n) is 3.22. The summed E-state index contributed by atoms with van der Waals surface area (Å²) in [6.45, 7) is 3.55. The van der Waals surface area contributed by atoms with Crippen LogP contribution in [0, 0.1) is 0 Å². The molecule has 2 atom stereocenters. The maximum Gasteiger partial charge on any atom is 0.234 e. The lowest BCUT2D eigenvalue weighted by atomic mass is 9.93. The first-order chi connectivity index (χ1) is 10.8. The van der Waals surface area contributed by atoms with Gasteiger partial charge in [-0.25, -0.2) is 0 Å². The average Bonchev–Trinajstić information content (AvgIpc) is 3.04. The van der Waals surface area contributed by atoms with Gasteiger partial charge in [-0.15, -0.1) is 12.4 Å². The molecule has 2 unspecified atom stereocenters. The van der Waals surface area contributed by atoms with Crippen molar-refractivity contribution >= 4 is 12.4 Å². The Morgan fingerprint density at radius 2 is 2.17 bits per heavy atom. The van der Waals surface area contributed by atoms with Gasteiger partial charge in [-0.3, -0.25) is 4.90 Å². The molecule has 4 rings (SSSR count). The summed E-state index contributed by atoms with van der Waals surface area (Å²) in [6.07, 6.45) is 0.872. The second-order valence-corrected chi connectivity index (χ2v) is 5.92. The molecule has 7 heteroatoms. The lowest BCUT2D eigenvalue weighted by Gasteiger charge is -2.30. The molecular formula is C16H21ClN4O2. The van der Waals surface area contributed by atoms with Crippen molar-refractivity contribution in [2.45, 2.75) is 18.4 Å². The minimum absolute atomic E-state index is 0. The molecular weight excluding hydrogens is 316 g/mol. The van der Waals surface area contributed by atoms with Gasteiger partial charge in [0.2, 0.25) is 5.89 Å². The van der Waals surface area contributed by atoms with Crippen LogP contribution >= 0.6 is 12.4 Å². The fourth-order valence-corrected chi connectivity index (χ4v) is 3.22. The van der Waals surface area contributed by atoms with E-state index in [0.717, 1.165) is 43.2 Å². The first-order valence-corrected chi connectivity index (χ1v) is 7.79. The molecule has 0 amide bonds. The zero-order chi connectivity index (χ0) is 14.9. The molecule has 0 radical (unpaired) electrons. The number of likely N-dealkylation sites (N-methyl/N-ethyl adjacent to an activating group) is 1. The number of ether oxygens (including phenoxy) is 1. The van der Waals surface area contributed by atoms with E-state index in [0.29, 0.717) is 12.5 Å². The number of aromatic nitrogens is 2. The number of para-hydroxylation sites is 1. The highest BCUT2D eigenvalue weighted by atomic mass is 35.5. The van der Waals surface area contributed by atoms with Gasteiger partial charge >= 0.3 is 0 Å². The van der Waals surface area contributed by atoms with E-state index in [4.69, 9.17) is 14.2 Å². The van der Waals surface area contributed by atoms with Crippen LogP contribution in [0.1, 0.15) is 35.7 Å². The Hall–Kier alpha value is -1.63. The van der Waals surface area contributed by atoms with Gasteiger partial charge in [0, 0.05) is 25.2 Å². The molecule has 1 aromatic heterocycles. The van der Waals surface area contributed by atoms with Crippen LogP contribution in [0.2, 0.25) is 0 Å². The molecule has 2 aromatic rings. The molecule has 1 N–H and O–H groups in total. The van der Waals surface area contributed by atoms with E-state index >= 15 is 0 Å². The normalized spacial score (nSPS) is 24.4. The van der Waals surface area contributed by atoms with E-state index in [1.165, 1.54) is 0 Å². The number of rotatable bonds is 2. The smallest absolute Gasteiger partial charge is 0.234 e. The monoisotopic (exact) mass is 336 g/mol. The molecule has 1 aromatic carbocycles. The van der Waals surface area contributed by atoms with Gasteiger partial charge in [-0.05, 0) is 19.5 Å². The van der Waals surface area contributed by atoms with Crippen molar-refractivity contribution < 1.29 is 9.26 Å². The summed E-state index contributed by atoms with van der Waals surface area (Å²) in [5.41, 5.74) is 1.14. The van der Waals surface area contributed by atoms with E-state index in [1.807, 2.05) is 18.2 Å². The maximum atomic E-state index is 5.71. The van der Waals surface area contributed by atoms with Crippen molar-refractivity contribution in [1.29, 1.82) is 0 Å². The standard InChI is InChI=1S/C16H20N4O2.ClH/c1-20-8-7-17-10-13(20)15-18-16(22-19-15)12-6-9-21-14-5-3-2-4-11(12)14;/h2-5,12-13,17H,6-10H2,1H3;1H. The molecule has 2 aliphatic heterocycles. The largest absolute Gasteiger partial charge is 0.493 e. The second kappa shape index (κ2) is 6.86. The Bertz CT molecular complexity index is 663. The van der Waals surface area contributed by atoms with E-state index < -0.39 is 0 Å². The van der Waals surface area contributed by atoms with Crippen LogP contribution in [-0.4, -0.2) is 48.3 Å². The lowest BCUT2D eigenvalue weighted by molar-refractivity contribution is 0.190. The molecule has 3 heterocycles. The summed E-state index contributed by atoms with van der Waals surface area (Å²) < 4.78 is 11.3. The van der Waals surface area contributed by atoms with Crippen LogP contribution < -0.4 is 10.1 Å². The second-order valence-electron chi connectivity index (χ2n) is 5.92. The van der Waals surface area contributed by atoms with Crippen molar-refractivity contribution in [3.05, 3.63) is 41.5 Å². The minimum Gasteiger partial charge on any atom is -0.493 e. The van der Waals surface area contributed by atoms with E-state index in [1.54, 1.807) is 0 Å². The molecule has 0 saturated carbocycles. The van der Waals surface area contributed by atoms with Crippen LogP contribution in [0.4, 0.5) is 0 Å². The Kier molecular flexibility index (Phi) is 4.84. The SMILES string of the molecule is CN1CCNCC1c1noc(C2CCOc3ccccc32)n1.Cl. The molecule has 2 aliphatic rings. The first-order valence-electron chi connectivity index (χ1n) is 7.79. The highest BCUT2D eigenvalue weighted by Gasteiger charge is 2.30. The predicted molar refractivity (Wildman–Crippen MR) is 88.2 cm³/mol. The third-order valence-electron chi connectivity index (χ3n) is 4.52. The zero-order valence-electron chi connectivity index (χ0n) is 13.1. The maximum absolute atomic E-state index is 5.71. The molecule has 0 aliphatic carbocycles. The Labute approximate surface area is 141 Å². The number of halogens is 1. The van der Waals surface area contributed by atoms with Gasteiger partial charge in [0.25, 0.3) is 0 Å². The van der Waals surface area contributed by atoms with Crippen molar-refractivity contribution in [2.24, 2.45) is 0 Å². The Morgan fingerprint density at radius 3 is 3.04 bits per heavy atom. The number of fused-ring (bicyclic) bond motifs is 1. The van der Waals surface area contributed by atoms with Crippen molar-refractivity contribution in [3.8, 4) is 5.75 Å². The van der Waals surface area contributed by atoms with Crippen molar-refractivity contribution in [3.63, 3.8) is 0 Å². The summed E-state index contributed by atoms with van der Waals surface area (Å²) in [5, 5.41) is 7.61. The van der Waals surface area contributed by atoms with E-state index in [9.17, 15) is 0 Å². The molecule has 6 nitrogen and oxygen atoms in total. The molecule has 1 saturated heterocycles. The summed E-state index contributed by atoms with van der Waals surface area (Å²) in [5.74, 6) is 2.53. The highest BCUT2D eigenvalue weighted by molar-refractivity contribution is 5.85. The molecule has 1 fully saturated rings. The van der Waals surface area contributed by atoms with E-state index in [-0.39, 0.29) is 24.4 Å². The number of hydrogen-bond acceptors (Lipinski definition) is 6. The Morgan fingerprint density at radius 1 is 1.30 bits per heavy atom. The third kappa shape index (κ3) is 3.06. The summed E-state index contributed by atoms with van der Waals surface area (Å²) >= 11 is 0. The van der Waals surface area contributed by atoms with Gasteiger partial charge < -0.3 is 14.6 Å². The number of nitrogens with one attached hydrogen (secondary N) is 1. The summed E-state index contributed by atoms with van der Waals surface area (Å²) in [7, 11) is 2.10. The highest BCUT2D eigenvalue weighted by Crippen LogP contribution is 2.37. The van der Waals surface area contributed by atoms with Crippen LogP contribution in [0.15, 0.2) is 28.8 Å². The lowest BCUT2D eigenvalue weighted by Crippen LogP contribution is -2.44. The average molecular weight is 337 g/mol. The Balaban J connectivity index is 0.00000156.